The second-order valence-electron chi connectivity index (χ2n) is 4.14. The molecule has 0 aliphatic heterocycles. The number of carbonyl (C=O) groups excluding carboxylic acids is 1. The van der Waals surface area contributed by atoms with E-state index in [4.69, 9.17) is 0 Å². The van der Waals surface area contributed by atoms with Crippen LogP contribution in [0.3, 0.4) is 0 Å². The lowest BCUT2D eigenvalue weighted by atomic mass is 9.86. The summed E-state index contributed by atoms with van der Waals surface area (Å²) in [5, 5.41) is 2.90. The molecule has 0 aromatic heterocycles. The van der Waals surface area contributed by atoms with Crippen molar-refractivity contribution in [2.24, 2.45) is 5.92 Å². The lowest BCUT2D eigenvalue weighted by molar-refractivity contribution is -0.120. The molecule has 84 valence electrons. The second-order valence-corrected chi connectivity index (χ2v) is 4.14. The van der Waals surface area contributed by atoms with Crippen LogP contribution in [0.15, 0.2) is 47.6 Å². The van der Waals surface area contributed by atoms with Gasteiger partial charge in [-0.25, -0.2) is 0 Å². The molecule has 0 bridgehead atoms. The lowest BCUT2D eigenvalue weighted by Crippen LogP contribution is -2.25. The van der Waals surface area contributed by atoms with Gasteiger partial charge in [0.05, 0.1) is 0 Å². The maximum atomic E-state index is 11.2. The predicted molar refractivity (Wildman–Crippen MR) is 65.9 cm³/mol. The number of allylic oxidation sites excluding steroid dienone is 6. The Morgan fingerprint density at radius 2 is 2.38 bits per heavy atom. The summed E-state index contributed by atoms with van der Waals surface area (Å²) in [5.74, 6) is 0.649. The highest BCUT2D eigenvalue weighted by Gasteiger charge is 2.14. The zero-order valence-electron chi connectivity index (χ0n) is 9.57. The Bertz CT molecular complexity index is 399. The summed E-state index contributed by atoms with van der Waals surface area (Å²) < 4.78 is 0. The molecule has 0 aromatic rings. The first-order chi connectivity index (χ1) is 7.79. The molecule has 16 heavy (non-hydrogen) atoms. The molecule has 0 saturated carbocycles. The van der Waals surface area contributed by atoms with E-state index in [1.54, 1.807) is 0 Å². The first-order valence-corrected chi connectivity index (χ1v) is 5.82. The molecule has 2 aliphatic rings. The standard InChI is InChI=1S/C14H17NO/c1-2-14(16)15-10-11-7-8-12-5-3-4-6-13(12)9-11/h3-7,9,12H,2,8,10H2,1H3,(H,15,16). The monoisotopic (exact) mass is 215 g/mol. The molecule has 1 amide bonds. The number of fused-ring (bicyclic) bond motifs is 1. The predicted octanol–water partition coefficient (Wildman–Crippen LogP) is 2.51. The van der Waals surface area contributed by atoms with Crippen molar-refractivity contribution >= 4 is 5.91 Å². The van der Waals surface area contributed by atoms with Crippen molar-refractivity contribution < 1.29 is 4.79 Å². The van der Waals surface area contributed by atoms with Crippen LogP contribution in [0.2, 0.25) is 0 Å². The van der Waals surface area contributed by atoms with Gasteiger partial charge >= 0.3 is 0 Å². The largest absolute Gasteiger partial charge is 0.352 e. The highest BCUT2D eigenvalue weighted by Crippen LogP contribution is 2.28. The summed E-state index contributed by atoms with van der Waals surface area (Å²) in [7, 11) is 0. The molecule has 1 atom stereocenters. The SMILES string of the molecule is CCC(=O)NCC1=CCC2C=CC=CC2=C1. The van der Waals surface area contributed by atoms with Crippen LogP contribution in [0.25, 0.3) is 0 Å². The Morgan fingerprint density at radius 3 is 3.19 bits per heavy atom. The number of nitrogens with one attached hydrogen (secondary N) is 1. The molecule has 0 fully saturated rings. The minimum atomic E-state index is 0.112. The molecule has 0 heterocycles. The van der Waals surface area contributed by atoms with Gasteiger partial charge in [-0.1, -0.05) is 43.4 Å². The third-order valence-electron chi connectivity index (χ3n) is 2.97. The van der Waals surface area contributed by atoms with Gasteiger partial charge in [0.15, 0.2) is 0 Å². The third kappa shape index (κ3) is 2.51. The van der Waals surface area contributed by atoms with Crippen molar-refractivity contribution in [3.63, 3.8) is 0 Å². The van der Waals surface area contributed by atoms with Gasteiger partial charge in [-0.2, -0.15) is 0 Å². The van der Waals surface area contributed by atoms with Crippen molar-refractivity contribution in [3.05, 3.63) is 47.6 Å². The van der Waals surface area contributed by atoms with E-state index in [2.05, 4.69) is 41.8 Å². The molecule has 0 saturated heterocycles. The number of amides is 1. The van der Waals surface area contributed by atoms with E-state index in [9.17, 15) is 4.79 Å². The molecular formula is C14H17NO. The minimum absolute atomic E-state index is 0.112. The number of rotatable bonds is 3. The first-order valence-electron chi connectivity index (χ1n) is 5.82. The molecular weight excluding hydrogens is 198 g/mol. The topological polar surface area (TPSA) is 29.1 Å². The van der Waals surface area contributed by atoms with E-state index in [0.717, 1.165) is 6.42 Å². The van der Waals surface area contributed by atoms with Crippen molar-refractivity contribution in [2.45, 2.75) is 19.8 Å². The quantitative estimate of drug-likeness (QED) is 0.770. The fourth-order valence-electron chi connectivity index (χ4n) is 1.97. The average molecular weight is 215 g/mol. The van der Waals surface area contributed by atoms with E-state index >= 15 is 0 Å². The van der Waals surface area contributed by atoms with Gasteiger partial charge in [0.25, 0.3) is 0 Å². The van der Waals surface area contributed by atoms with E-state index in [0.29, 0.717) is 18.9 Å². The third-order valence-corrected chi connectivity index (χ3v) is 2.97. The van der Waals surface area contributed by atoms with E-state index in [-0.39, 0.29) is 5.91 Å². The Balaban J connectivity index is 1.96. The van der Waals surface area contributed by atoms with Crippen molar-refractivity contribution in [1.82, 2.24) is 5.32 Å². The zero-order chi connectivity index (χ0) is 11.4. The van der Waals surface area contributed by atoms with Crippen LogP contribution in [0, 0.1) is 5.92 Å². The molecule has 1 unspecified atom stereocenters. The Morgan fingerprint density at radius 1 is 1.50 bits per heavy atom. The maximum Gasteiger partial charge on any atom is 0.219 e. The summed E-state index contributed by atoms with van der Waals surface area (Å²) >= 11 is 0. The minimum Gasteiger partial charge on any atom is -0.352 e. The van der Waals surface area contributed by atoms with E-state index in [1.165, 1.54) is 11.1 Å². The highest BCUT2D eigenvalue weighted by atomic mass is 16.1. The Hall–Kier alpha value is -1.57. The smallest absolute Gasteiger partial charge is 0.219 e. The summed E-state index contributed by atoms with van der Waals surface area (Å²) in [4.78, 5) is 11.2. The normalized spacial score (nSPS) is 22.2. The van der Waals surface area contributed by atoms with Crippen LogP contribution >= 0.6 is 0 Å². The molecule has 2 rings (SSSR count). The zero-order valence-corrected chi connectivity index (χ0v) is 9.57. The Kier molecular flexibility index (Phi) is 3.40. The highest BCUT2D eigenvalue weighted by molar-refractivity contribution is 5.75. The molecule has 1 N–H and O–H groups in total. The van der Waals surface area contributed by atoms with Gasteiger partial charge < -0.3 is 5.32 Å². The van der Waals surface area contributed by atoms with Crippen LogP contribution < -0.4 is 5.32 Å². The van der Waals surface area contributed by atoms with Crippen molar-refractivity contribution in [1.29, 1.82) is 0 Å². The molecule has 0 radical (unpaired) electrons. The molecule has 2 nitrogen and oxygen atoms in total. The van der Waals surface area contributed by atoms with Gasteiger partial charge in [0.2, 0.25) is 5.91 Å². The van der Waals surface area contributed by atoms with Crippen LogP contribution in [-0.2, 0) is 4.79 Å². The molecule has 0 spiro atoms. The van der Waals surface area contributed by atoms with Gasteiger partial charge in [-0.15, -0.1) is 0 Å². The first kappa shape index (κ1) is 10.9. The number of hydrogen-bond acceptors (Lipinski definition) is 1. The summed E-state index contributed by atoms with van der Waals surface area (Å²) in [6.07, 6.45) is 14.5. The second kappa shape index (κ2) is 4.97. The van der Waals surface area contributed by atoms with Gasteiger partial charge in [-0.3, -0.25) is 4.79 Å². The van der Waals surface area contributed by atoms with Gasteiger partial charge in [0, 0.05) is 18.9 Å². The number of hydrogen-bond donors (Lipinski definition) is 1. The van der Waals surface area contributed by atoms with Crippen LogP contribution in [-0.4, -0.2) is 12.5 Å². The fourth-order valence-corrected chi connectivity index (χ4v) is 1.97. The van der Waals surface area contributed by atoms with Crippen LogP contribution in [0.4, 0.5) is 0 Å². The van der Waals surface area contributed by atoms with Crippen LogP contribution in [0.1, 0.15) is 19.8 Å². The Labute approximate surface area is 96.4 Å². The van der Waals surface area contributed by atoms with Crippen molar-refractivity contribution in [2.75, 3.05) is 6.54 Å². The molecule has 0 aromatic carbocycles. The summed E-state index contributed by atoms with van der Waals surface area (Å²) in [6, 6.07) is 0. The van der Waals surface area contributed by atoms with Crippen LogP contribution in [0.5, 0.6) is 0 Å². The lowest BCUT2D eigenvalue weighted by Gasteiger charge is -2.21. The van der Waals surface area contributed by atoms with Crippen molar-refractivity contribution in [3.8, 4) is 0 Å². The number of carbonyl (C=O) groups is 1. The van der Waals surface area contributed by atoms with E-state index in [1.807, 2.05) is 6.92 Å². The average Bonchev–Trinajstić information content (AvgIpc) is 2.35. The molecule has 2 heteroatoms. The molecule has 2 aliphatic carbocycles. The van der Waals surface area contributed by atoms with E-state index < -0.39 is 0 Å². The fraction of sp³-hybridized carbons (Fsp3) is 0.357. The van der Waals surface area contributed by atoms with Gasteiger partial charge in [-0.05, 0) is 17.6 Å². The summed E-state index contributed by atoms with van der Waals surface area (Å²) in [6.45, 7) is 2.52. The maximum absolute atomic E-state index is 11.2. The van der Waals surface area contributed by atoms with Gasteiger partial charge in [0.1, 0.15) is 0 Å². The summed E-state index contributed by atoms with van der Waals surface area (Å²) in [5.41, 5.74) is 2.57.